The number of anilines is 2. The van der Waals surface area contributed by atoms with Gasteiger partial charge in [-0.25, -0.2) is 0 Å². The van der Waals surface area contributed by atoms with Gasteiger partial charge in [0, 0.05) is 60.0 Å². The SMILES string of the molecule is COCCNC(=O)c1ccc(-c2cncc(C#N)c2Nc2cccc3[nH]ccc23)cc1. The lowest BCUT2D eigenvalue weighted by Crippen LogP contribution is -2.26. The van der Waals surface area contributed by atoms with Crippen LogP contribution in [0.15, 0.2) is 67.1 Å². The lowest BCUT2D eigenvalue weighted by molar-refractivity contribution is 0.0937. The van der Waals surface area contributed by atoms with E-state index in [-0.39, 0.29) is 5.91 Å². The van der Waals surface area contributed by atoms with Crippen LogP contribution in [0, 0.1) is 11.3 Å². The maximum absolute atomic E-state index is 12.2. The zero-order valence-electron chi connectivity index (χ0n) is 17.0. The number of nitrogens with zero attached hydrogens (tertiary/aromatic N) is 2. The number of aromatic nitrogens is 2. The van der Waals surface area contributed by atoms with Crippen molar-refractivity contribution in [3.8, 4) is 17.2 Å². The highest BCUT2D eigenvalue weighted by atomic mass is 16.5. The third-order valence-electron chi connectivity index (χ3n) is 4.97. The van der Waals surface area contributed by atoms with Crippen molar-refractivity contribution in [1.82, 2.24) is 15.3 Å². The summed E-state index contributed by atoms with van der Waals surface area (Å²) in [6.45, 7) is 0.906. The van der Waals surface area contributed by atoms with Gasteiger partial charge >= 0.3 is 0 Å². The zero-order chi connectivity index (χ0) is 21.6. The van der Waals surface area contributed by atoms with Crippen LogP contribution in [-0.4, -0.2) is 36.1 Å². The van der Waals surface area contributed by atoms with E-state index in [1.807, 2.05) is 42.6 Å². The summed E-state index contributed by atoms with van der Waals surface area (Å²) in [5.74, 6) is -0.162. The molecule has 154 valence electrons. The number of hydrogen-bond donors (Lipinski definition) is 3. The van der Waals surface area contributed by atoms with Crippen molar-refractivity contribution in [1.29, 1.82) is 5.26 Å². The average Bonchev–Trinajstić information content (AvgIpc) is 3.29. The molecular weight excluding hydrogens is 390 g/mol. The van der Waals surface area contributed by atoms with Gasteiger partial charge in [-0.05, 0) is 35.9 Å². The normalized spacial score (nSPS) is 10.6. The molecule has 0 aliphatic carbocycles. The lowest BCUT2D eigenvalue weighted by Gasteiger charge is -2.15. The van der Waals surface area contributed by atoms with Gasteiger partial charge in [0.15, 0.2) is 0 Å². The Labute approximate surface area is 179 Å². The highest BCUT2D eigenvalue weighted by Crippen LogP contribution is 2.34. The zero-order valence-corrected chi connectivity index (χ0v) is 17.0. The Hall–Kier alpha value is -4.15. The first-order valence-corrected chi connectivity index (χ1v) is 9.80. The summed E-state index contributed by atoms with van der Waals surface area (Å²) in [4.78, 5) is 19.7. The number of carbonyl (C=O) groups is 1. The Morgan fingerprint density at radius 1 is 1.16 bits per heavy atom. The van der Waals surface area contributed by atoms with Gasteiger partial charge in [0.1, 0.15) is 6.07 Å². The number of amides is 1. The van der Waals surface area contributed by atoms with Crippen LogP contribution >= 0.6 is 0 Å². The molecule has 7 nitrogen and oxygen atoms in total. The van der Waals surface area contributed by atoms with Gasteiger partial charge < -0.3 is 20.4 Å². The van der Waals surface area contributed by atoms with Crippen LogP contribution in [-0.2, 0) is 4.74 Å². The standard InChI is InChI=1S/C24H21N5O2/c1-31-12-11-28-24(30)17-7-5-16(6-8-17)20-15-26-14-18(13-25)23(20)29-22-4-2-3-21-19(22)9-10-27-21/h2-10,14-15,27H,11-12H2,1H3,(H,26,29)(H,28,30). The van der Waals surface area contributed by atoms with E-state index in [2.05, 4.69) is 26.7 Å². The van der Waals surface area contributed by atoms with Crippen LogP contribution < -0.4 is 10.6 Å². The Morgan fingerprint density at radius 2 is 2.00 bits per heavy atom. The molecule has 4 aromatic rings. The Kier molecular flexibility index (Phi) is 5.92. The highest BCUT2D eigenvalue weighted by molar-refractivity contribution is 5.97. The minimum atomic E-state index is -0.162. The van der Waals surface area contributed by atoms with E-state index in [0.717, 1.165) is 27.7 Å². The second-order valence-electron chi connectivity index (χ2n) is 6.92. The molecule has 31 heavy (non-hydrogen) atoms. The van der Waals surface area contributed by atoms with E-state index in [9.17, 15) is 10.1 Å². The van der Waals surface area contributed by atoms with Gasteiger partial charge in [0.2, 0.25) is 0 Å². The first kappa shape index (κ1) is 20.1. The summed E-state index contributed by atoms with van der Waals surface area (Å²) >= 11 is 0. The first-order valence-electron chi connectivity index (χ1n) is 9.80. The van der Waals surface area contributed by atoms with Gasteiger partial charge in [0.25, 0.3) is 5.91 Å². The van der Waals surface area contributed by atoms with Crippen LogP contribution in [0.25, 0.3) is 22.0 Å². The number of aromatic amines is 1. The smallest absolute Gasteiger partial charge is 0.251 e. The number of nitriles is 1. The molecule has 2 heterocycles. The van der Waals surface area contributed by atoms with E-state index in [0.29, 0.717) is 30.0 Å². The van der Waals surface area contributed by atoms with E-state index >= 15 is 0 Å². The van der Waals surface area contributed by atoms with Crippen LogP contribution in [0.1, 0.15) is 15.9 Å². The molecule has 0 aliphatic heterocycles. The summed E-state index contributed by atoms with van der Waals surface area (Å²) in [5, 5.41) is 16.9. The van der Waals surface area contributed by atoms with Gasteiger partial charge in [-0.15, -0.1) is 0 Å². The first-order chi connectivity index (χ1) is 15.2. The Bertz CT molecular complexity index is 1260. The molecule has 1 amide bonds. The fourth-order valence-corrected chi connectivity index (χ4v) is 3.40. The summed E-state index contributed by atoms with van der Waals surface area (Å²) in [6.07, 6.45) is 5.14. The monoisotopic (exact) mass is 411 g/mol. The molecule has 3 N–H and O–H groups in total. The molecule has 0 atom stereocenters. The number of methoxy groups -OCH3 is 1. The van der Waals surface area contributed by atoms with Gasteiger partial charge in [-0.3, -0.25) is 9.78 Å². The van der Waals surface area contributed by atoms with Crippen LogP contribution in [0.4, 0.5) is 11.4 Å². The average molecular weight is 411 g/mol. The maximum atomic E-state index is 12.2. The van der Waals surface area contributed by atoms with Crippen LogP contribution in [0.5, 0.6) is 0 Å². The second kappa shape index (κ2) is 9.11. The second-order valence-corrected chi connectivity index (χ2v) is 6.92. The van der Waals surface area contributed by atoms with E-state index in [4.69, 9.17) is 4.74 Å². The topological polar surface area (TPSA) is 103 Å². The number of fused-ring (bicyclic) bond motifs is 1. The lowest BCUT2D eigenvalue weighted by atomic mass is 10.0. The number of ether oxygens (including phenoxy) is 1. The van der Waals surface area contributed by atoms with Crippen molar-refractivity contribution in [2.24, 2.45) is 0 Å². The van der Waals surface area contributed by atoms with Crippen molar-refractivity contribution in [3.05, 3.63) is 78.2 Å². The molecule has 0 bridgehead atoms. The molecule has 0 spiro atoms. The minimum absolute atomic E-state index is 0.162. The third kappa shape index (κ3) is 4.25. The fourth-order valence-electron chi connectivity index (χ4n) is 3.40. The molecule has 4 rings (SSSR count). The molecule has 2 aromatic heterocycles. The summed E-state index contributed by atoms with van der Waals surface area (Å²) in [7, 11) is 1.59. The molecule has 7 heteroatoms. The fraction of sp³-hybridized carbons (Fsp3) is 0.125. The molecule has 0 radical (unpaired) electrons. The van der Waals surface area contributed by atoms with Crippen molar-refractivity contribution < 1.29 is 9.53 Å². The molecule has 0 saturated heterocycles. The largest absolute Gasteiger partial charge is 0.383 e. The predicted octanol–water partition coefficient (Wildman–Crippen LogP) is 4.22. The van der Waals surface area contributed by atoms with Crippen molar-refractivity contribution in [3.63, 3.8) is 0 Å². The quantitative estimate of drug-likeness (QED) is 0.395. The Balaban J connectivity index is 1.67. The highest BCUT2D eigenvalue weighted by Gasteiger charge is 2.14. The molecule has 0 fully saturated rings. The van der Waals surface area contributed by atoms with Crippen molar-refractivity contribution in [2.45, 2.75) is 0 Å². The molecule has 2 aromatic carbocycles. The Morgan fingerprint density at radius 3 is 2.77 bits per heavy atom. The van der Waals surface area contributed by atoms with E-state index in [1.165, 1.54) is 0 Å². The van der Waals surface area contributed by atoms with Gasteiger partial charge in [0.05, 0.1) is 17.9 Å². The maximum Gasteiger partial charge on any atom is 0.251 e. The predicted molar refractivity (Wildman–Crippen MR) is 120 cm³/mol. The number of nitrogens with one attached hydrogen (secondary N) is 3. The number of pyridine rings is 1. The van der Waals surface area contributed by atoms with E-state index in [1.54, 1.807) is 31.6 Å². The van der Waals surface area contributed by atoms with Gasteiger partial charge in [-0.1, -0.05) is 18.2 Å². The number of rotatable bonds is 7. The molecule has 0 unspecified atom stereocenters. The number of benzene rings is 2. The van der Waals surface area contributed by atoms with Crippen molar-refractivity contribution in [2.75, 3.05) is 25.6 Å². The van der Waals surface area contributed by atoms with Crippen molar-refractivity contribution >= 4 is 28.2 Å². The van der Waals surface area contributed by atoms with Gasteiger partial charge in [-0.2, -0.15) is 5.26 Å². The summed E-state index contributed by atoms with van der Waals surface area (Å²) in [6, 6.07) is 17.3. The molecular formula is C24H21N5O2. The third-order valence-corrected chi connectivity index (χ3v) is 4.97. The summed E-state index contributed by atoms with van der Waals surface area (Å²) in [5.41, 5.74) is 5.17. The minimum Gasteiger partial charge on any atom is -0.383 e. The number of H-pyrrole nitrogens is 1. The summed E-state index contributed by atoms with van der Waals surface area (Å²) < 4.78 is 4.95. The number of hydrogen-bond acceptors (Lipinski definition) is 5. The molecule has 0 aliphatic rings. The molecule has 0 saturated carbocycles. The number of carbonyl (C=O) groups excluding carboxylic acids is 1. The van der Waals surface area contributed by atoms with Crippen LogP contribution in [0.2, 0.25) is 0 Å². The van der Waals surface area contributed by atoms with E-state index < -0.39 is 0 Å². The van der Waals surface area contributed by atoms with Crippen LogP contribution in [0.3, 0.4) is 0 Å².